The minimum atomic E-state index is -0.669. The second-order valence-electron chi connectivity index (χ2n) is 3.96. The SMILES string of the molecule is C[C@H](O)c1ccc(F)cc1OC1CCOC1. The van der Waals surface area contributed by atoms with E-state index in [0.29, 0.717) is 24.5 Å². The first-order chi connectivity index (χ1) is 7.66. The molecule has 2 rings (SSSR count). The third kappa shape index (κ3) is 2.51. The van der Waals surface area contributed by atoms with Gasteiger partial charge in [-0.1, -0.05) is 0 Å². The van der Waals surface area contributed by atoms with E-state index in [1.54, 1.807) is 13.0 Å². The third-order valence-corrected chi connectivity index (χ3v) is 2.61. The molecule has 1 saturated heterocycles. The molecule has 16 heavy (non-hydrogen) atoms. The van der Waals surface area contributed by atoms with E-state index in [9.17, 15) is 9.50 Å². The van der Waals surface area contributed by atoms with Gasteiger partial charge in [-0.25, -0.2) is 4.39 Å². The zero-order valence-corrected chi connectivity index (χ0v) is 9.15. The number of hydrogen-bond donors (Lipinski definition) is 1. The Bertz CT molecular complexity index is 359. The maximum Gasteiger partial charge on any atom is 0.128 e. The Balaban J connectivity index is 2.19. The number of aliphatic hydroxyl groups excluding tert-OH is 1. The average Bonchev–Trinajstić information content (AvgIpc) is 2.70. The molecule has 1 heterocycles. The molecule has 88 valence electrons. The quantitative estimate of drug-likeness (QED) is 0.857. The summed E-state index contributed by atoms with van der Waals surface area (Å²) in [5.74, 6) is 0.0452. The van der Waals surface area contributed by atoms with Crippen molar-refractivity contribution >= 4 is 0 Å². The van der Waals surface area contributed by atoms with Crippen LogP contribution in [0.3, 0.4) is 0 Å². The van der Waals surface area contributed by atoms with E-state index in [4.69, 9.17) is 9.47 Å². The summed E-state index contributed by atoms with van der Waals surface area (Å²) in [6, 6.07) is 4.17. The fraction of sp³-hybridized carbons (Fsp3) is 0.500. The number of halogens is 1. The lowest BCUT2D eigenvalue weighted by atomic mass is 10.1. The summed E-state index contributed by atoms with van der Waals surface area (Å²) < 4.78 is 23.9. The summed E-state index contributed by atoms with van der Waals surface area (Å²) in [5.41, 5.74) is 0.605. The smallest absolute Gasteiger partial charge is 0.128 e. The second-order valence-corrected chi connectivity index (χ2v) is 3.96. The molecule has 1 aromatic carbocycles. The van der Waals surface area contributed by atoms with Crippen LogP contribution in [-0.2, 0) is 4.74 Å². The van der Waals surface area contributed by atoms with Gasteiger partial charge >= 0.3 is 0 Å². The van der Waals surface area contributed by atoms with E-state index in [2.05, 4.69) is 0 Å². The minimum absolute atomic E-state index is 0.0423. The van der Waals surface area contributed by atoms with Crippen molar-refractivity contribution in [2.75, 3.05) is 13.2 Å². The Morgan fingerprint density at radius 1 is 1.56 bits per heavy atom. The Morgan fingerprint density at radius 3 is 3.00 bits per heavy atom. The first kappa shape index (κ1) is 11.4. The summed E-state index contributed by atoms with van der Waals surface area (Å²) in [6.45, 7) is 2.82. The summed E-state index contributed by atoms with van der Waals surface area (Å²) in [7, 11) is 0. The van der Waals surface area contributed by atoms with Crippen LogP contribution < -0.4 is 4.74 Å². The van der Waals surface area contributed by atoms with Gasteiger partial charge in [-0.2, -0.15) is 0 Å². The van der Waals surface area contributed by atoms with E-state index in [0.717, 1.165) is 6.42 Å². The van der Waals surface area contributed by atoms with E-state index in [1.165, 1.54) is 12.1 Å². The van der Waals surface area contributed by atoms with Crippen molar-refractivity contribution in [2.45, 2.75) is 25.6 Å². The molecule has 0 aliphatic carbocycles. The van der Waals surface area contributed by atoms with Gasteiger partial charge in [-0.15, -0.1) is 0 Å². The lowest BCUT2D eigenvalue weighted by molar-refractivity contribution is 0.135. The molecule has 0 amide bonds. The Kier molecular flexibility index (Phi) is 3.41. The molecule has 3 nitrogen and oxygen atoms in total. The van der Waals surface area contributed by atoms with E-state index < -0.39 is 6.10 Å². The molecular formula is C12H15FO3. The van der Waals surface area contributed by atoms with Crippen LogP contribution in [0, 0.1) is 5.82 Å². The fourth-order valence-corrected chi connectivity index (χ4v) is 1.74. The fourth-order valence-electron chi connectivity index (χ4n) is 1.74. The van der Waals surface area contributed by atoms with Crippen molar-refractivity contribution in [1.29, 1.82) is 0 Å². The Labute approximate surface area is 93.8 Å². The largest absolute Gasteiger partial charge is 0.487 e. The summed E-state index contributed by atoms with van der Waals surface area (Å²) in [5, 5.41) is 9.54. The zero-order chi connectivity index (χ0) is 11.5. The average molecular weight is 226 g/mol. The monoisotopic (exact) mass is 226 g/mol. The van der Waals surface area contributed by atoms with Crippen LogP contribution in [0.4, 0.5) is 4.39 Å². The topological polar surface area (TPSA) is 38.7 Å². The van der Waals surface area contributed by atoms with Crippen LogP contribution in [0.15, 0.2) is 18.2 Å². The van der Waals surface area contributed by atoms with Gasteiger partial charge in [0.05, 0.1) is 19.3 Å². The molecule has 1 fully saturated rings. The molecule has 0 aromatic heterocycles. The summed E-state index contributed by atoms with van der Waals surface area (Å²) in [4.78, 5) is 0. The highest BCUT2D eigenvalue weighted by Crippen LogP contribution is 2.28. The van der Waals surface area contributed by atoms with Crippen molar-refractivity contribution in [2.24, 2.45) is 0 Å². The van der Waals surface area contributed by atoms with Crippen LogP contribution in [0.25, 0.3) is 0 Å². The number of aliphatic hydroxyl groups is 1. The highest BCUT2D eigenvalue weighted by Gasteiger charge is 2.20. The first-order valence-corrected chi connectivity index (χ1v) is 5.38. The molecule has 2 atom stereocenters. The molecule has 0 spiro atoms. The second kappa shape index (κ2) is 4.80. The molecule has 1 aliphatic heterocycles. The lowest BCUT2D eigenvalue weighted by Gasteiger charge is -2.17. The van der Waals surface area contributed by atoms with Crippen molar-refractivity contribution in [3.05, 3.63) is 29.6 Å². The van der Waals surface area contributed by atoms with Gasteiger partial charge in [-0.3, -0.25) is 0 Å². The molecular weight excluding hydrogens is 211 g/mol. The van der Waals surface area contributed by atoms with Gasteiger partial charge < -0.3 is 14.6 Å². The Hall–Kier alpha value is -1.13. The summed E-state index contributed by atoms with van der Waals surface area (Å²) >= 11 is 0. The van der Waals surface area contributed by atoms with Crippen LogP contribution in [0.2, 0.25) is 0 Å². The van der Waals surface area contributed by atoms with Crippen LogP contribution in [0.1, 0.15) is 25.0 Å². The van der Waals surface area contributed by atoms with Crippen molar-refractivity contribution in [1.82, 2.24) is 0 Å². The van der Waals surface area contributed by atoms with Gasteiger partial charge in [0.2, 0.25) is 0 Å². The van der Waals surface area contributed by atoms with Crippen LogP contribution in [0.5, 0.6) is 5.75 Å². The maximum absolute atomic E-state index is 13.1. The van der Waals surface area contributed by atoms with Crippen LogP contribution >= 0.6 is 0 Å². The summed E-state index contributed by atoms with van der Waals surface area (Å²) in [6.07, 6.45) is 0.0904. The molecule has 1 N–H and O–H groups in total. The minimum Gasteiger partial charge on any atom is -0.487 e. The van der Waals surface area contributed by atoms with Gasteiger partial charge in [0.1, 0.15) is 17.7 Å². The molecule has 4 heteroatoms. The molecule has 0 saturated carbocycles. The molecule has 1 aromatic rings. The highest BCUT2D eigenvalue weighted by molar-refractivity contribution is 5.35. The van der Waals surface area contributed by atoms with E-state index in [-0.39, 0.29) is 11.9 Å². The van der Waals surface area contributed by atoms with Crippen molar-refractivity contribution < 1.29 is 19.0 Å². The Morgan fingerprint density at radius 2 is 2.38 bits per heavy atom. The van der Waals surface area contributed by atoms with E-state index >= 15 is 0 Å². The van der Waals surface area contributed by atoms with E-state index in [1.807, 2.05) is 0 Å². The number of rotatable bonds is 3. The number of ether oxygens (including phenoxy) is 2. The van der Waals surface area contributed by atoms with Crippen LogP contribution in [-0.4, -0.2) is 24.4 Å². The lowest BCUT2D eigenvalue weighted by Crippen LogP contribution is -2.17. The normalized spacial score (nSPS) is 22.1. The van der Waals surface area contributed by atoms with Crippen molar-refractivity contribution in [3.8, 4) is 5.75 Å². The molecule has 0 bridgehead atoms. The van der Waals surface area contributed by atoms with Gasteiger partial charge in [0.15, 0.2) is 0 Å². The number of benzene rings is 1. The van der Waals surface area contributed by atoms with Gasteiger partial charge in [-0.05, 0) is 19.1 Å². The zero-order valence-electron chi connectivity index (χ0n) is 9.15. The predicted octanol–water partition coefficient (Wildman–Crippen LogP) is 2.05. The first-order valence-electron chi connectivity index (χ1n) is 5.38. The maximum atomic E-state index is 13.1. The standard InChI is InChI=1S/C12H15FO3/c1-8(14)11-3-2-9(13)6-12(11)16-10-4-5-15-7-10/h2-3,6,8,10,14H,4-5,7H2,1H3/t8-,10?/m0/s1. The number of hydrogen-bond acceptors (Lipinski definition) is 3. The third-order valence-electron chi connectivity index (χ3n) is 2.61. The molecule has 1 aliphatic rings. The molecule has 0 radical (unpaired) electrons. The predicted molar refractivity (Wildman–Crippen MR) is 56.9 cm³/mol. The van der Waals surface area contributed by atoms with Crippen molar-refractivity contribution in [3.63, 3.8) is 0 Å². The molecule has 1 unspecified atom stereocenters. The van der Waals surface area contributed by atoms with Gasteiger partial charge in [0.25, 0.3) is 0 Å². The highest BCUT2D eigenvalue weighted by atomic mass is 19.1. The van der Waals surface area contributed by atoms with Gasteiger partial charge in [0, 0.05) is 18.1 Å².